The van der Waals surface area contributed by atoms with Crippen LogP contribution in [-0.2, 0) is 0 Å². The summed E-state index contributed by atoms with van der Waals surface area (Å²) in [5.74, 6) is 0. The van der Waals surface area contributed by atoms with Crippen molar-refractivity contribution in [2.75, 3.05) is 13.1 Å². The molecule has 0 amide bonds. The molecule has 5 rings (SSSR count). The van der Waals surface area contributed by atoms with Gasteiger partial charge in [0.25, 0.3) is 0 Å². The number of unbranched alkanes of at least 4 members (excludes halogenated alkanes) is 1. The first-order valence-electron chi connectivity index (χ1n) is 10.5. The van der Waals surface area contributed by atoms with Crippen LogP contribution >= 0.6 is 0 Å². The highest BCUT2D eigenvalue weighted by Gasteiger charge is 2.37. The van der Waals surface area contributed by atoms with E-state index < -0.39 is 0 Å². The zero-order chi connectivity index (χ0) is 21.2. The Bertz CT molecular complexity index is 789. The first-order chi connectivity index (χ1) is 14.1. The molecule has 0 radical (unpaired) electrons. The summed E-state index contributed by atoms with van der Waals surface area (Å²) in [6.07, 6.45) is 11.1. The van der Waals surface area contributed by atoms with Crippen molar-refractivity contribution < 1.29 is 0 Å². The summed E-state index contributed by atoms with van der Waals surface area (Å²) in [5, 5.41) is 11.0. The Balaban J connectivity index is 0.000000449. The number of nitrogens with one attached hydrogen (secondary N) is 3. The second-order valence-electron chi connectivity index (χ2n) is 7.41. The minimum atomic E-state index is 0.597. The lowest BCUT2D eigenvalue weighted by atomic mass is 9.90. The Morgan fingerprint density at radius 1 is 1.21 bits per heavy atom. The maximum atomic E-state index is 7.50. The van der Waals surface area contributed by atoms with Crippen LogP contribution in [-0.4, -0.2) is 46.3 Å². The highest BCUT2D eigenvalue weighted by molar-refractivity contribution is 5.82. The number of hydrogen-bond donors (Lipinski definition) is 3. The Hall–Kier alpha value is -2.66. The van der Waals surface area contributed by atoms with E-state index in [2.05, 4.69) is 59.3 Å². The number of aromatic nitrogens is 2. The number of piperidine rings is 1. The van der Waals surface area contributed by atoms with Crippen molar-refractivity contribution in [2.45, 2.75) is 52.1 Å². The Kier molecular flexibility index (Phi) is 8.87. The highest BCUT2D eigenvalue weighted by Crippen LogP contribution is 2.30. The summed E-state index contributed by atoms with van der Waals surface area (Å²) in [6.45, 7) is 14.4. The molecule has 3 N–H and O–H groups in total. The Morgan fingerprint density at radius 3 is 2.41 bits per heavy atom. The first-order valence-corrected chi connectivity index (χ1v) is 10.5. The minimum Gasteiger partial charge on any atom is -0.367 e. The molecule has 2 bridgehead atoms. The summed E-state index contributed by atoms with van der Waals surface area (Å²) >= 11 is 0. The number of allylic oxidation sites excluding steroid dienone is 1. The summed E-state index contributed by atoms with van der Waals surface area (Å²) in [4.78, 5) is 10.0. The molecule has 29 heavy (non-hydrogen) atoms. The molecule has 5 heterocycles. The van der Waals surface area contributed by atoms with Crippen LogP contribution in [0.25, 0.3) is 16.8 Å². The van der Waals surface area contributed by atoms with Crippen molar-refractivity contribution in [1.82, 2.24) is 20.2 Å². The topological polar surface area (TPSA) is 67.8 Å². The Morgan fingerprint density at radius 2 is 1.86 bits per heavy atom. The van der Waals surface area contributed by atoms with Crippen LogP contribution in [0.5, 0.6) is 0 Å². The van der Waals surface area contributed by atoms with E-state index in [0.717, 1.165) is 41.3 Å². The van der Waals surface area contributed by atoms with Crippen molar-refractivity contribution in [3.05, 3.63) is 61.2 Å². The third kappa shape index (κ3) is 5.91. The van der Waals surface area contributed by atoms with Gasteiger partial charge >= 0.3 is 0 Å². The fourth-order valence-electron chi connectivity index (χ4n) is 3.59. The van der Waals surface area contributed by atoms with Gasteiger partial charge in [0.05, 0.1) is 11.4 Å². The third-order valence-electron chi connectivity index (χ3n) is 5.19. The zero-order valence-corrected chi connectivity index (χ0v) is 18.0. The summed E-state index contributed by atoms with van der Waals surface area (Å²) in [5.41, 5.74) is 5.51. The van der Waals surface area contributed by atoms with Crippen LogP contribution in [0, 0.1) is 12.3 Å². The van der Waals surface area contributed by atoms with Gasteiger partial charge in [-0.1, -0.05) is 26.7 Å². The molecule has 3 saturated heterocycles. The molecule has 2 unspecified atom stereocenters. The second-order valence-corrected chi connectivity index (χ2v) is 7.41. The molecule has 2 atom stereocenters. The van der Waals surface area contributed by atoms with Crippen LogP contribution in [0.2, 0.25) is 0 Å². The first kappa shape index (κ1) is 22.6. The number of nitrogens with zero attached hydrogens (tertiary/aromatic N) is 2. The average Bonchev–Trinajstić information content (AvgIpc) is 3.23. The van der Waals surface area contributed by atoms with E-state index >= 15 is 0 Å². The van der Waals surface area contributed by atoms with E-state index in [0.29, 0.717) is 12.1 Å². The fraction of sp³-hybridized carbons (Fsp3) is 0.417. The number of fused-ring (bicyclic) bond motifs is 2. The number of pyridine rings is 1. The highest BCUT2D eigenvalue weighted by atomic mass is 15.3. The van der Waals surface area contributed by atoms with E-state index in [1.165, 1.54) is 25.5 Å². The van der Waals surface area contributed by atoms with Gasteiger partial charge in [-0.15, -0.1) is 13.2 Å². The van der Waals surface area contributed by atoms with Crippen LogP contribution in [0.4, 0.5) is 0 Å². The van der Waals surface area contributed by atoms with Gasteiger partial charge in [0, 0.05) is 49.5 Å². The summed E-state index contributed by atoms with van der Waals surface area (Å²) in [6, 6.07) is 7.48. The molecular formula is C24H35N5. The van der Waals surface area contributed by atoms with E-state index in [4.69, 9.17) is 5.41 Å². The largest absolute Gasteiger partial charge is 0.367 e. The molecule has 3 fully saturated rings. The average molecular weight is 394 g/mol. The molecule has 5 heteroatoms. The zero-order valence-electron chi connectivity index (χ0n) is 18.0. The smallest absolute Gasteiger partial charge is 0.0625 e. The van der Waals surface area contributed by atoms with Crippen molar-refractivity contribution >= 4 is 11.9 Å². The number of rotatable bonds is 5. The maximum Gasteiger partial charge on any atom is 0.0625 e. The predicted molar refractivity (Wildman–Crippen MR) is 124 cm³/mol. The Labute approximate surface area is 175 Å². The van der Waals surface area contributed by atoms with Gasteiger partial charge in [0.2, 0.25) is 0 Å². The summed E-state index contributed by atoms with van der Waals surface area (Å²) < 4.78 is 0. The molecule has 0 aromatic carbocycles. The van der Waals surface area contributed by atoms with Crippen LogP contribution in [0.1, 0.15) is 44.5 Å². The molecule has 3 aliphatic rings. The minimum absolute atomic E-state index is 0.597. The normalized spacial score (nSPS) is 19.8. The second kappa shape index (κ2) is 11.4. The molecule has 5 nitrogen and oxygen atoms in total. The maximum absolute atomic E-state index is 7.50. The van der Waals surface area contributed by atoms with Gasteiger partial charge in [0.15, 0.2) is 0 Å². The molecule has 156 valence electrons. The number of aromatic amines is 1. The number of piperazine rings is 1. The summed E-state index contributed by atoms with van der Waals surface area (Å²) in [7, 11) is 0. The fourth-order valence-corrected chi connectivity index (χ4v) is 3.59. The predicted octanol–water partition coefficient (Wildman–Crippen LogP) is 5.03. The van der Waals surface area contributed by atoms with Gasteiger partial charge < -0.3 is 20.6 Å². The standard InChI is InChI=1S/C18H21N5.C4H10.C2H4/c1-12-6-13(3-5-20-12)14-7-17(21-9-14)18(2-4-19)23-10-15-8-16(11-23)22-15;1-3-4-2;1-2/h2-7,9,15-16,19,21-22H,8,10-11H2,1H3;3-4H2,1-2H3;1-2H2/b18-2+,19-4?;;. The number of H-pyrrole nitrogens is 1. The number of aryl methyl sites for hydroxylation is 1. The molecule has 0 aliphatic carbocycles. The van der Waals surface area contributed by atoms with Crippen molar-refractivity contribution in [3.63, 3.8) is 0 Å². The molecule has 0 spiro atoms. The van der Waals surface area contributed by atoms with E-state index in [1.54, 1.807) is 0 Å². The van der Waals surface area contributed by atoms with Crippen molar-refractivity contribution in [2.24, 2.45) is 0 Å². The van der Waals surface area contributed by atoms with E-state index in [1.807, 2.05) is 31.5 Å². The van der Waals surface area contributed by atoms with E-state index in [9.17, 15) is 0 Å². The van der Waals surface area contributed by atoms with Gasteiger partial charge in [0.1, 0.15) is 0 Å². The number of hydrogen-bond acceptors (Lipinski definition) is 4. The lowest BCUT2D eigenvalue weighted by molar-refractivity contribution is 0.121. The van der Waals surface area contributed by atoms with Crippen LogP contribution in [0.3, 0.4) is 0 Å². The molecule has 2 aromatic rings. The molecule has 3 aliphatic heterocycles. The lowest BCUT2D eigenvalue weighted by Crippen LogP contribution is -2.66. The quantitative estimate of drug-likeness (QED) is 0.493. The molecule has 0 saturated carbocycles. The van der Waals surface area contributed by atoms with E-state index in [-0.39, 0.29) is 0 Å². The van der Waals surface area contributed by atoms with Gasteiger partial charge in [-0.05, 0) is 48.7 Å². The van der Waals surface area contributed by atoms with Crippen LogP contribution < -0.4 is 5.32 Å². The lowest BCUT2D eigenvalue weighted by Gasteiger charge is -2.49. The van der Waals surface area contributed by atoms with Gasteiger partial charge in [-0.2, -0.15) is 0 Å². The third-order valence-corrected chi connectivity index (χ3v) is 5.19. The molecular weight excluding hydrogens is 358 g/mol. The monoisotopic (exact) mass is 393 g/mol. The molecule has 2 aromatic heterocycles. The van der Waals surface area contributed by atoms with Gasteiger partial charge in [-0.25, -0.2) is 0 Å². The van der Waals surface area contributed by atoms with Gasteiger partial charge in [-0.3, -0.25) is 4.98 Å². The van der Waals surface area contributed by atoms with Crippen LogP contribution in [0.15, 0.2) is 49.8 Å². The van der Waals surface area contributed by atoms with Crippen molar-refractivity contribution in [3.8, 4) is 11.1 Å². The SMILES string of the molecule is C=C.CCCC.Cc1cc(-c2c[nH]c(/C(=C\C=N)N3CC4CC(C3)N4)c2)ccn1. The van der Waals surface area contributed by atoms with Crippen molar-refractivity contribution in [1.29, 1.82) is 5.41 Å².